The van der Waals surface area contributed by atoms with E-state index in [-0.39, 0.29) is 78.3 Å². The van der Waals surface area contributed by atoms with Gasteiger partial charge in [-0.1, -0.05) is 87.6 Å². The topological polar surface area (TPSA) is 304 Å². The molecular formula is C75H90F2N24O4. The van der Waals surface area contributed by atoms with Gasteiger partial charge in [0.15, 0.2) is 11.4 Å². The third-order valence-corrected chi connectivity index (χ3v) is 16.6. The number of imidazole rings is 2. The molecule has 4 aromatic heterocycles. The molecule has 28 nitrogen and oxygen atoms in total. The van der Waals surface area contributed by atoms with Gasteiger partial charge in [-0.3, -0.25) is 19.4 Å². The molecule has 0 bridgehead atoms. The molecule has 6 heterocycles. The molecule has 0 radical (unpaired) electrons. The largest absolute Gasteiger partial charge is 0.444 e. The highest BCUT2D eigenvalue weighted by molar-refractivity contribution is 5.85. The third kappa shape index (κ3) is 22.3. The van der Waals surface area contributed by atoms with Crippen LogP contribution in [-0.2, 0) is 53.3 Å². The molecule has 0 spiro atoms. The zero-order valence-corrected chi connectivity index (χ0v) is 60.4. The highest BCUT2D eigenvalue weighted by Crippen LogP contribution is 2.26. The van der Waals surface area contributed by atoms with E-state index >= 15 is 0 Å². The molecule has 548 valence electrons. The number of carbonyl (C=O) groups excluding carboxylic acids is 3. The highest BCUT2D eigenvalue weighted by Gasteiger charge is 2.28. The molecule has 6 aromatic carbocycles. The molecule has 9 N–H and O–H groups in total. The Morgan fingerprint density at radius 1 is 0.543 bits per heavy atom. The molecule has 2 aliphatic heterocycles. The maximum absolute atomic E-state index is 13.8. The fraction of sp³-hybridized carbons (Fsp3) is 0.347. The van der Waals surface area contributed by atoms with Gasteiger partial charge >= 0.3 is 6.09 Å². The van der Waals surface area contributed by atoms with Crippen LogP contribution in [0, 0.1) is 24.8 Å². The molecule has 30 heteroatoms. The van der Waals surface area contributed by atoms with E-state index in [0.29, 0.717) is 90.7 Å². The van der Waals surface area contributed by atoms with Crippen molar-refractivity contribution in [2.24, 2.45) is 0 Å². The lowest BCUT2D eigenvalue weighted by Crippen LogP contribution is -2.49. The number of nitrogens with zero attached hydrogens (tertiary/aromatic N) is 15. The molecule has 0 aliphatic carbocycles. The number of aromatic amines is 2. The van der Waals surface area contributed by atoms with Gasteiger partial charge in [-0.05, 0) is 104 Å². The maximum Gasteiger partial charge on any atom is 0.410 e. The van der Waals surface area contributed by atoms with E-state index in [4.69, 9.17) is 20.6 Å². The fourth-order valence-corrected chi connectivity index (χ4v) is 11.5. The Morgan fingerprint density at radius 3 is 1.36 bits per heavy atom. The summed E-state index contributed by atoms with van der Waals surface area (Å²) >= 11 is 0. The van der Waals surface area contributed by atoms with Gasteiger partial charge in [-0.25, -0.2) is 33.2 Å². The van der Waals surface area contributed by atoms with Crippen molar-refractivity contribution in [2.75, 3.05) is 112 Å². The Hall–Kier alpha value is -12.0. The van der Waals surface area contributed by atoms with Crippen LogP contribution in [0.1, 0.15) is 72.2 Å². The second kappa shape index (κ2) is 35.7. The SMILES string of the molecule is [3H]C.[3H]C.[C-]#[N+]c1ccc(C[C@H](Nc2nc(NCc3nc4ccc(F)cc4[nH]3)nc(Nc3cccc(CN4CCN(C(=O)OC(C)(C)C)CC4)c3)n2)C(=O)N(C)C)cc1.[C-]#[N+]c1ccc(C[C@H](Nc2nc(NCc3nc4ccc(F)cc4[nH]3)nc(Nc3cccc(CN4CCNCC4)c3)n2)C(=O)N(C)C)cc1. The highest BCUT2D eigenvalue weighted by atomic mass is 19.1. The number of anilines is 8. The van der Waals surface area contributed by atoms with E-state index < -0.39 is 17.7 Å². The summed E-state index contributed by atoms with van der Waals surface area (Å²) in [5.74, 6) is 1.36. The van der Waals surface area contributed by atoms with E-state index in [2.05, 4.69) is 119 Å². The van der Waals surface area contributed by atoms with Gasteiger partial charge in [0, 0.05) is 121 Å². The first-order valence-electron chi connectivity index (χ1n) is 35.6. The Labute approximate surface area is 612 Å². The maximum atomic E-state index is 13.8. The Balaban J connectivity index is 0.000000238. The fourth-order valence-electron chi connectivity index (χ4n) is 11.5. The number of carbonyl (C=O) groups is 3. The van der Waals surface area contributed by atoms with Crippen LogP contribution in [0.25, 0.3) is 31.8 Å². The first-order valence-corrected chi connectivity index (χ1v) is 33.6. The monoisotopic (exact) mass is 1430 g/mol. The van der Waals surface area contributed by atoms with Crippen LogP contribution in [-0.4, -0.2) is 190 Å². The average molecular weight is 1430 g/mol. The summed E-state index contributed by atoms with van der Waals surface area (Å²) in [5.41, 5.74) is 8.42. The van der Waals surface area contributed by atoms with Crippen molar-refractivity contribution < 1.29 is 30.6 Å². The molecule has 2 fully saturated rings. The molecule has 0 unspecified atom stereocenters. The molecule has 3 amide bonds. The molecule has 12 rings (SSSR count). The number of halogens is 2. The van der Waals surface area contributed by atoms with E-state index in [9.17, 15) is 23.2 Å². The van der Waals surface area contributed by atoms with Crippen LogP contribution < -0.4 is 37.2 Å². The zero-order chi connectivity index (χ0) is 76.6. The van der Waals surface area contributed by atoms with Gasteiger partial charge in [0.1, 0.15) is 41.0 Å². The average Bonchev–Trinajstić information content (AvgIpc) is 1.72. The van der Waals surface area contributed by atoms with Crippen LogP contribution in [0.2, 0.25) is 0 Å². The summed E-state index contributed by atoms with van der Waals surface area (Å²) in [4.78, 5) is 98.7. The van der Waals surface area contributed by atoms with Gasteiger partial charge in [-0.2, -0.15) is 29.9 Å². The first kappa shape index (κ1) is 74.2. The predicted molar refractivity (Wildman–Crippen MR) is 406 cm³/mol. The minimum atomic E-state index is -0.735. The number of amides is 3. The standard InChI is InChI=1S/C39H45FN12O3.C34H37FN12O.2CH4/c1-39(2,3)55-38(54)52-18-16-51(17-19-52)24-26-8-7-9-29(20-26)43-36-47-35(42-23-33-44-30-15-12-27(40)22-31(30)45-33)48-37(49-36)46-32(34(53)50(5)6)21-25-10-13-28(41-4)14-11-25;1-36-25-10-7-22(8-11-25)18-29(31(48)46(2)3)42-34-44-32(38-20-30-40-27-12-9-24(35)19-28(27)41-30)43-33(45-34)39-26-6-4-5-23(17-26)21-47-15-13-37-14-16-47;;/h7-15,20,22,32H,16-19,21,23-24H2,1-3,5-6H3,(H,44,45)(H3,42,43,46,47,48,49);4-12,17,19,29,37H,13-16,18,20-21H2,2-3H3,(H,40,41)(H3,38,39,42,43,44,45);2*1H4/t32-;29-;;/m00../s1/i;;2*1T. The summed E-state index contributed by atoms with van der Waals surface area (Å²) < 4.78 is 44.6. The number of hydrogen-bond acceptors (Lipinski definition) is 21. The van der Waals surface area contributed by atoms with Crippen LogP contribution in [0.5, 0.6) is 0 Å². The minimum Gasteiger partial charge on any atom is -0.444 e. The second-order valence-electron chi connectivity index (χ2n) is 26.3. The summed E-state index contributed by atoms with van der Waals surface area (Å²) in [6.07, 6.45) is 0.366. The first-order chi connectivity index (χ1) is 51.6. The van der Waals surface area contributed by atoms with Gasteiger partial charge in [0.25, 0.3) is 0 Å². The van der Waals surface area contributed by atoms with Gasteiger partial charge < -0.3 is 66.6 Å². The Morgan fingerprint density at radius 2 is 0.952 bits per heavy atom. The number of fused-ring (bicyclic) bond motifs is 2. The minimum absolute atomic E-state index is 0.156. The molecular weight excluding hydrogens is 1340 g/mol. The molecule has 2 atom stereocenters. The second-order valence-corrected chi connectivity index (χ2v) is 26.3. The number of ether oxygens (including phenoxy) is 1. The molecule has 2 saturated heterocycles. The van der Waals surface area contributed by atoms with Crippen molar-refractivity contribution in [1.29, 1.82) is 0 Å². The van der Waals surface area contributed by atoms with Crippen LogP contribution in [0.4, 0.5) is 72.0 Å². The number of aromatic nitrogens is 10. The van der Waals surface area contributed by atoms with Crippen LogP contribution in [0.3, 0.4) is 0 Å². The number of H-pyrrole nitrogens is 2. The molecule has 10 aromatic rings. The number of nitrogens with one attached hydrogen (secondary N) is 9. The van der Waals surface area contributed by atoms with E-state index in [0.717, 1.165) is 66.4 Å². The van der Waals surface area contributed by atoms with Gasteiger partial charge in [-0.15, -0.1) is 0 Å². The quantitative estimate of drug-likeness (QED) is 0.0254. The number of benzene rings is 6. The van der Waals surface area contributed by atoms with Crippen molar-refractivity contribution in [3.05, 3.63) is 202 Å². The predicted octanol–water partition coefficient (Wildman–Crippen LogP) is 11.5. The number of piperazine rings is 2. The number of rotatable bonds is 24. The van der Waals surface area contributed by atoms with Crippen molar-refractivity contribution in [2.45, 2.75) is 92.3 Å². The summed E-state index contributed by atoms with van der Waals surface area (Å²) in [6, 6.07) is 37.5. The van der Waals surface area contributed by atoms with Crippen molar-refractivity contribution >= 4 is 98.4 Å². The molecule has 105 heavy (non-hydrogen) atoms. The van der Waals surface area contributed by atoms with Crippen LogP contribution >= 0.6 is 0 Å². The van der Waals surface area contributed by atoms with Gasteiger partial charge in [0.2, 0.25) is 47.5 Å². The van der Waals surface area contributed by atoms with Gasteiger partial charge in [0.05, 0.1) is 48.3 Å². The zero-order valence-electron chi connectivity index (χ0n) is 62.4. The number of hydrogen-bond donors (Lipinski definition) is 9. The normalized spacial score (nSPS) is 13.7. The smallest absolute Gasteiger partial charge is 0.410 e. The van der Waals surface area contributed by atoms with E-state index in [1.54, 1.807) is 69.5 Å². The van der Waals surface area contributed by atoms with Crippen LogP contribution in [0.15, 0.2) is 133 Å². The molecule has 2 aliphatic rings. The summed E-state index contributed by atoms with van der Waals surface area (Å²) in [7, 11) is 9.25. The van der Waals surface area contributed by atoms with E-state index in [1.807, 2.05) is 81.4 Å². The Kier molecular flexibility index (Phi) is 25.3. The van der Waals surface area contributed by atoms with E-state index in [1.165, 1.54) is 48.9 Å². The van der Waals surface area contributed by atoms with Crippen molar-refractivity contribution in [3.63, 3.8) is 0 Å². The van der Waals surface area contributed by atoms with Crippen molar-refractivity contribution in [3.8, 4) is 0 Å². The number of likely N-dealkylation sites (N-methyl/N-ethyl adjacent to an activating group) is 2. The summed E-state index contributed by atoms with van der Waals surface area (Å²) in [5, 5.41) is 22.8. The lowest BCUT2D eigenvalue weighted by Gasteiger charge is -2.35. The lowest BCUT2D eigenvalue weighted by molar-refractivity contribution is -0.130. The van der Waals surface area contributed by atoms with Crippen molar-refractivity contribution in [1.82, 2.24) is 79.7 Å². The third-order valence-electron chi connectivity index (χ3n) is 16.6. The Bertz CT molecular complexity index is 4690. The summed E-state index contributed by atoms with van der Waals surface area (Å²) in [6.45, 7) is 28.6. The molecule has 0 saturated carbocycles. The lowest BCUT2D eigenvalue weighted by atomic mass is 10.0.